The highest BCUT2D eigenvalue weighted by Crippen LogP contribution is 2.41. The molecule has 2 unspecified atom stereocenters. The molecule has 0 bridgehead atoms. The molecular weight excluding hydrogens is 520 g/mol. The van der Waals surface area contributed by atoms with E-state index >= 15 is 0 Å². The van der Waals surface area contributed by atoms with Crippen LogP contribution in [0.3, 0.4) is 0 Å². The molecular formula is C30H35ClN2O4S. The van der Waals surface area contributed by atoms with Gasteiger partial charge in [-0.15, -0.1) is 0 Å². The van der Waals surface area contributed by atoms with E-state index in [-0.39, 0.29) is 17.0 Å². The van der Waals surface area contributed by atoms with Gasteiger partial charge in [-0.3, -0.25) is 9.21 Å². The monoisotopic (exact) mass is 554 g/mol. The third-order valence-electron chi connectivity index (χ3n) is 8.08. The molecule has 0 spiro atoms. The van der Waals surface area contributed by atoms with Gasteiger partial charge in [0, 0.05) is 30.2 Å². The van der Waals surface area contributed by atoms with Gasteiger partial charge in [-0.2, -0.15) is 0 Å². The molecule has 5 rings (SSSR count). The van der Waals surface area contributed by atoms with E-state index in [1.807, 2.05) is 30.3 Å². The number of nitrogens with zero attached hydrogens (tertiary/aromatic N) is 2. The number of rotatable bonds is 7. The van der Waals surface area contributed by atoms with Crippen LogP contribution < -0.4 is 9.04 Å². The van der Waals surface area contributed by atoms with Crippen molar-refractivity contribution < 1.29 is 18.3 Å². The van der Waals surface area contributed by atoms with Crippen LogP contribution in [0.25, 0.3) is 0 Å². The van der Waals surface area contributed by atoms with E-state index in [0.717, 1.165) is 31.2 Å². The maximum absolute atomic E-state index is 14.0. The lowest BCUT2D eigenvalue weighted by Crippen LogP contribution is -2.57. The first-order chi connectivity index (χ1) is 18.3. The third-order valence-corrected chi connectivity index (χ3v) is 10.2. The molecule has 1 saturated carbocycles. The summed E-state index contributed by atoms with van der Waals surface area (Å²) < 4.78 is 34.8. The zero-order chi connectivity index (χ0) is 26.8. The van der Waals surface area contributed by atoms with Crippen LogP contribution in [0.15, 0.2) is 83.8 Å². The number of benzene rings is 3. The summed E-state index contributed by atoms with van der Waals surface area (Å²) in [6, 6.07) is 23.3. The molecule has 2 aliphatic rings. The van der Waals surface area contributed by atoms with Gasteiger partial charge in [0.05, 0.1) is 17.7 Å². The summed E-state index contributed by atoms with van der Waals surface area (Å²) in [5, 5.41) is 12.4. The van der Waals surface area contributed by atoms with Gasteiger partial charge in [-0.1, -0.05) is 54.8 Å². The molecule has 1 N–H and O–H groups in total. The number of piperidine rings is 1. The van der Waals surface area contributed by atoms with Crippen LogP contribution >= 0.6 is 11.6 Å². The van der Waals surface area contributed by atoms with Crippen LogP contribution in [0.5, 0.6) is 5.75 Å². The molecule has 38 heavy (non-hydrogen) atoms. The van der Waals surface area contributed by atoms with Crippen molar-refractivity contribution in [3.05, 3.63) is 89.4 Å². The van der Waals surface area contributed by atoms with Crippen molar-refractivity contribution in [1.29, 1.82) is 0 Å². The van der Waals surface area contributed by atoms with Crippen LogP contribution in [0, 0.1) is 0 Å². The summed E-state index contributed by atoms with van der Waals surface area (Å²) in [6.07, 6.45) is 5.09. The molecule has 3 aromatic rings. The standard InChI is InChI=1S/C30H35ClN2O4S/c1-37-27-14-16-28(17-15-27)38(35,36)33(25-12-10-24(31)11-13-25)26-18-21-32(22-19-26)29-9-5-6-20-30(29,34)23-7-3-2-4-8-23/h2-4,7-8,10-17,26,29,34H,5-6,9,18-22H2,1H3. The van der Waals surface area contributed by atoms with Crippen molar-refractivity contribution >= 4 is 27.3 Å². The van der Waals surface area contributed by atoms with Gasteiger partial charge in [-0.25, -0.2) is 8.42 Å². The van der Waals surface area contributed by atoms with Gasteiger partial charge in [0.2, 0.25) is 0 Å². The van der Waals surface area contributed by atoms with Crippen LogP contribution in [-0.2, 0) is 15.6 Å². The van der Waals surface area contributed by atoms with Crippen LogP contribution in [0.2, 0.25) is 5.02 Å². The number of hydrogen-bond donors (Lipinski definition) is 1. The van der Waals surface area contributed by atoms with Crippen molar-refractivity contribution in [2.24, 2.45) is 0 Å². The smallest absolute Gasteiger partial charge is 0.264 e. The minimum absolute atomic E-state index is 0.0155. The normalized spacial score (nSPS) is 23.2. The topological polar surface area (TPSA) is 70.1 Å². The summed E-state index contributed by atoms with van der Waals surface area (Å²) in [4.78, 5) is 2.60. The Balaban J connectivity index is 1.41. The molecule has 2 fully saturated rings. The summed E-state index contributed by atoms with van der Waals surface area (Å²) in [6.45, 7) is 1.43. The van der Waals surface area contributed by atoms with Gasteiger partial charge in [0.15, 0.2) is 0 Å². The molecule has 1 heterocycles. The Bertz CT molecular complexity index is 1310. The summed E-state index contributed by atoms with van der Waals surface area (Å²) in [7, 11) is -2.27. The molecule has 0 aromatic heterocycles. The average molecular weight is 555 g/mol. The number of halogens is 1. The average Bonchev–Trinajstić information content (AvgIpc) is 2.95. The lowest BCUT2D eigenvalue weighted by molar-refractivity contribution is -0.0849. The number of hydrogen-bond acceptors (Lipinski definition) is 5. The van der Waals surface area contributed by atoms with Gasteiger partial charge in [0.25, 0.3) is 10.0 Å². The fourth-order valence-corrected chi connectivity index (χ4v) is 7.95. The van der Waals surface area contributed by atoms with Gasteiger partial charge < -0.3 is 9.84 Å². The van der Waals surface area contributed by atoms with Crippen molar-refractivity contribution in [3.63, 3.8) is 0 Å². The Kier molecular flexibility index (Phi) is 8.00. The van der Waals surface area contributed by atoms with Crippen molar-refractivity contribution in [2.45, 2.75) is 61.1 Å². The Hall–Kier alpha value is -2.58. The van der Waals surface area contributed by atoms with E-state index < -0.39 is 15.6 Å². The van der Waals surface area contributed by atoms with Gasteiger partial charge in [0.1, 0.15) is 11.4 Å². The van der Waals surface area contributed by atoms with Gasteiger partial charge >= 0.3 is 0 Å². The van der Waals surface area contributed by atoms with Crippen LogP contribution in [0.1, 0.15) is 44.1 Å². The van der Waals surface area contributed by atoms with Crippen LogP contribution in [0.4, 0.5) is 5.69 Å². The molecule has 1 aliphatic carbocycles. The largest absolute Gasteiger partial charge is 0.497 e. The second-order valence-electron chi connectivity index (χ2n) is 10.3. The quantitative estimate of drug-likeness (QED) is 0.397. The summed E-state index contributed by atoms with van der Waals surface area (Å²) in [5.74, 6) is 0.605. The number of sulfonamides is 1. The second kappa shape index (κ2) is 11.3. The highest BCUT2D eigenvalue weighted by Gasteiger charge is 2.45. The molecule has 1 aliphatic heterocycles. The Morgan fingerprint density at radius 2 is 1.58 bits per heavy atom. The van der Waals surface area contributed by atoms with Gasteiger partial charge in [-0.05, 0) is 79.8 Å². The third kappa shape index (κ3) is 5.30. The molecule has 1 saturated heterocycles. The molecule has 0 radical (unpaired) electrons. The fraction of sp³-hybridized carbons (Fsp3) is 0.400. The zero-order valence-corrected chi connectivity index (χ0v) is 23.2. The number of methoxy groups -OCH3 is 1. The SMILES string of the molecule is COc1ccc(S(=O)(=O)N(c2ccc(Cl)cc2)C2CCN(C3CCCCC3(O)c3ccccc3)CC2)cc1. The first-order valence-electron chi connectivity index (χ1n) is 13.3. The van der Waals surface area contributed by atoms with E-state index in [1.165, 1.54) is 0 Å². The minimum Gasteiger partial charge on any atom is -0.497 e. The zero-order valence-electron chi connectivity index (χ0n) is 21.7. The molecule has 202 valence electrons. The summed E-state index contributed by atoms with van der Waals surface area (Å²) >= 11 is 6.14. The van der Waals surface area contributed by atoms with Crippen LogP contribution in [-0.4, -0.2) is 50.7 Å². The highest BCUT2D eigenvalue weighted by molar-refractivity contribution is 7.92. The van der Waals surface area contributed by atoms with Crippen molar-refractivity contribution in [3.8, 4) is 5.75 Å². The highest BCUT2D eigenvalue weighted by atomic mass is 35.5. The molecule has 2 atom stereocenters. The predicted octanol–water partition coefficient (Wildman–Crippen LogP) is 5.84. The Labute approximate surface area is 230 Å². The van der Waals surface area contributed by atoms with E-state index in [9.17, 15) is 13.5 Å². The van der Waals surface area contributed by atoms with E-state index in [0.29, 0.717) is 42.4 Å². The maximum atomic E-state index is 14.0. The van der Waals surface area contributed by atoms with E-state index in [1.54, 1.807) is 59.9 Å². The first kappa shape index (κ1) is 27.0. The molecule has 0 amide bonds. The number of ether oxygens (including phenoxy) is 1. The first-order valence-corrected chi connectivity index (χ1v) is 15.1. The number of anilines is 1. The maximum Gasteiger partial charge on any atom is 0.264 e. The fourth-order valence-electron chi connectivity index (χ4n) is 6.11. The van der Waals surface area contributed by atoms with Crippen molar-refractivity contribution in [2.75, 3.05) is 24.5 Å². The van der Waals surface area contributed by atoms with E-state index in [4.69, 9.17) is 16.3 Å². The number of aliphatic hydroxyl groups is 1. The van der Waals surface area contributed by atoms with Crippen molar-refractivity contribution in [1.82, 2.24) is 4.90 Å². The molecule has 3 aromatic carbocycles. The molecule has 8 heteroatoms. The minimum atomic E-state index is -3.83. The Morgan fingerprint density at radius 3 is 2.21 bits per heavy atom. The van der Waals surface area contributed by atoms with E-state index in [2.05, 4.69) is 4.90 Å². The summed E-state index contributed by atoms with van der Waals surface area (Å²) in [5.41, 5.74) is 0.677. The molecule has 6 nitrogen and oxygen atoms in total. The predicted molar refractivity (Wildman–Crippen MR) is 151 cm³/mol. The second-order valence-corrected chi connectivity index (χ2v) is 12.5. The Morgan fingerprint density at radius 1 is 0.921 bits per heavy atom. The lowest BCUT2D eigenvalue weighted by atomic mass is 9.74. The number of likely N-dealkylation sites (tertiary alicyclic amines) is 1. The lowest BCUT2D eigenvalue weighted by Gasteiger charge is -2.49.